The van der Waals surface area contributed by atoms with Crippen LogP contribution in [0.2, 0.25) is 0 Å². The van der Waals surface area contributed by atoms with Crippen molar-refractivity contribution < 1.29 is 9.90 Å². The minimum Gasteiger partial charge on any atom is -0.480 e. The van der Waals surface area contributed by atoms with Crippen molar-refractivity contribution in [1.29, 1.82) is 0 Å². The molecule has 0 amide bonds. The van der Waals surface area contributed by atoms with Crippen LogP contribution in [-0.2, 0) is 4.79 Å². The monoisotopic (exact) mass is 224 g/mol. The summed E-state index contributed by atoms with van der Waals surface area (Å²) in [5.41, 5.74) is 7.80. The Hall–Kier alpha value is -1.46. The molecule has 4 nitrogen and oxygen atoms in total. The number of rotatable bonds is 1. The van der Waals surface area contributed by atoms with Crippen LogP contribution in [0.4, 0.5) is 0 Å². The minimum absolute atomic E-state index is 0.731. The number of carbonyl (C=O) groups is 1. The smallest absolute Gasteiger partial charge is 0.320 e. The van der Waals surface area contributed by atoms with Crippen molar-refractivity contribution in [2.24, 2.45) is 5.73 Å². The van der Waals surface area contributed by atoms with Gasteiger partial charge < -0.3 is 10.8 Å². The summed E-state index contributed by atoms with van der Waals surface area (Å²) >= 11 is 1.68. The molecule has 0 saturated carbocycles. The Morgan fingerprint density at radius 2 is 2.13 bits per heavy atom. The van der Waals surface area contributed by atoms with Crippen LogP contribution in [0.5, 0.6) is 0 Å². The molecular formula is C10H12N2O2S. The van der Waals surface area contributed by atoms with Crippen molar-refractivity contribution in [3.05, 3.63) is 29.8 Å². The molecule has 15 heavy (non-hydrogen) atoms. The fraction of sp³-hybridized carbons (Fsp3) is 0.200. The largest absolute Gasteiger partial charge is 0.480 e. The molecule has 1 aromatic carbocycles. The topological polar surface area (TPSA) is 76.2 Å². The molecule has 2 rings (SSSR count). The number of aliphatic carboxylic acids is 1. The Morgan fingerprint density at radius 3 is 2.67 bits per heavy atom. The maximum absolute atomic E-state index is 9.57. The summed E-state index contributed by atoms with van der Waals surface area (Å²) in [7, 11) is 0. The first-order valence-electron chi connectivity index (χ1n) is 4.38. The van der Waals surface area contributed by atoms with E-state index in [2.05, 4.69) is 11.1 Å². The summed E-state index contributed by atoms with van der Waals surface area (Å²) in [5.74, 6) is -0.963. The van der Waals surface area contributed by atoms with E-state index in [0.717, 1.165) is 5.52 Å². The molecule has 1 heterocycles. The minimum atomic E-state index is -0.963. The van der Waals surface area contributed by atoms with Gasteiger partial charge in [0.2, 0.25) is 0 Å². The SMILES string of the molecule is C[C@H](N)C(=O)O.c1ccc2scnc2c1. The van der Waals surface area contributed by atoms with E-state index in [-0.39, 0.29) is 0 Å². The highest BCUT2D eigenvalue weighted by atomic mass is 32.1. The van der Waals surface area contributed by atoms with Gasteiger partial charge in [-0.1, -0.05) is 12.1 Å². The second kappa shape index (κ2) is 5.43. The third-order valence-corrected chi connectivity index (χ3v) is 2.44. The molecule has 0 saturated heterocycles. The Morgan fingerprint density at radius 1 is 1.53 bits per heavy atom. The lowest BCUT2D eigenvalue weighted by Crippen LogP contribution is -2.25. The zero-order valence-electron chi connectivity index (χ0n) is 8.25. The lowest BCUT2D eigenvalue weighted by molar-refractivity contribution is -0.138. The normalized spacial score (nSPS) is 11.6. The van der Waals surface area contributed by atoms with Gasteiger partial charge in [-0.25, -0.2) is 4.98 Å². The molecule has 0 spiro atoms. The average molecular weight is 224 g/mol. The molecule has 2 aromatic rings. The lowest BCUT2D eigenvalue weighted by atomic mass is 10.3. The van der Waals surface area contributed by atoms with E-state index >= 15 is 0 Å². The average Bonchev–Trinajstić information content (AvgIpc) is 2.66. The summed E-state index contributed by atoms with van der Waals surface area (Å²) < 4.78 is 1.26. The van der Waals surface area contributed by atoms with Gasteiger partial charge >= 0.3 is 5.97 Å². The zero-order valence-corrected chi connectivity index (χ0v) is 9.07. The predicted molar refractivity (Wildman–Crippen MR) is 60.9 cm³/mol. The fourth-order valence-electron chi connectivity index (χ4n) is 0.803. The Labute approximate surface area is 91.4 Å². The molecule has 0 bridgehead atoms. The van der Waals surface area contributed by atoms with E-state index < -0.39 is 12.0 Å². The van der Waals surface area contributed by atoms with Gasteiger partial charge in [-0.15, -0.1) is 11.3 Å². The summed E-state index contributed by atoms with van der Waals surface area (Å²) in [6.07, 6.45) is 0. The molecule has 0 radical (unpaired) electrons. The molecule has 3 N–H and O–H groups in total. The van der Waals surface area contributed by atoms with E-state index in [0.29, 0.717) is 0 Å². The van der Waals surface area contributed by atoms with Crippen LogP contribution < -0.4 is 5.73 Å². The highest BCUT2D eigenvalue weighted by Crippen LogP contribution is 2.15. The van der Waals surface area contributed by atoms with E-state index in [1.54, 1.807) is 11.3 Å². The van der Waals surface area contributed by atoms with Gasteiger partial charge in [-0.05, 0) is 19.1 Å². The van der Waals surface area contributed by atoms with Crippen molar-refractivity contribution in [3.8, 4) is 0 Å². The third kappa shape index (κ3) is 3.65. The highest BCUT2D eigenvalue weighted by molar-refractivity contribution is 7.16. The van der Waals surface area contributed by atoms with Crippen molar-refractivity contribution in [1.82, 2.24) is 4.98 Å². The van der Waals surface area contributed by atoms with Crippen LogP contribution in [0.3, 0.4) is 0 Å². The fourth-order valence-corrected chi connectivity index (χ4v) is 1.48. The number of nitrogens with zero attached hydrogens (tertiary/aromatic N) is 1. The standard InChI is InChI=1S/C7H5NS.C3H7NO2/c1-2-4-7-6(3-1)8-5-9-7;1-2(4)3(5)6/h1-5H;2H,4H2,1H3,(H,5,6)/t;2-/m.0/s1. The van der Waals surface area contributed by atoms with Crippen LogP contribution in [0, 0.1) is 0 Å². The maximum Gasteiger partial charge on any atom is 0.320 e. The van der Waals surface area contributed by atoms with Crippen LogP contribution >= 0.6 is 11.3 Å². The third-order valence-electron chi connectivity index (χ3n) is 1.63. The zero-order chi connectivity index (χ0) is 11.3. The van der Waals surface area contributed by atoms with Gasteiger partial charge in [-0.3, -0.25) is 4.79 Å². The number of aromatic nitrogens is 1. The quantitative estimate of drug-likeness (QED) is 0.773. The second-order valence-electron chi connectivity index (χ2n) is 2.95. The number of para-hydroxylation sites is 1. The predicted octanol–water partition coefficient (Wildman–Crippen LogP) is 1.71. The first-order valence-corrected chi connectivity index (χ1v) is 5.26. The number of fused-ring (bicyclic) bond motifs is 1. The molecule has 1 atom stereocenters. The highest BCUT2D eigenvalue weighted by Gasteiger charge is 1.99. The molecule has 0 aliphatic rings. The molecule has 80 valence electrons. The van der Waals surface area contributed by atoms with Gasteiger partial charge in [0.25, 0.3) is 0 Å². The molecule has 5 heteroatoms. The van der Waals surface area contributed by atoms with E-state index in [1.807, 2.05) is 23.7 Å². The van der Waals surface area contributed by atoms with Crippen molar-refractivity contribution in [2.45, 2.75) is 13.0 Å². The second-order valence-corrected chi connectivity index (χ2v) is 3.83. The molecule has 0 aliphatic carbocycles. The lowest BCUT2D eigenvalue weighted by Gasteiger charge is -1.90. The molecule has 1 aromatic heterocycles. The summed E-state index contributed by atoms with van der Waals surface area (Å²) in [6, 6.07) is 7.39. The molecule has 0 fully saturated rings. The van der Waals surface area contributed by atoms with Crippen LogP contribution in [0.1, 0.15) is 6.92 Å². The molecule has 0 aliphatic heterocycles. The van der Waals surface area contributed by atoms with Gasteiger partial charge in [0.1, 0.15) is 6.04 Å². The number of hydrogen-bond donors (Lipinski definition) is 2. The van der Waals surface area contributed by atoms with E-state index in [9.17, 15) is 4.79 Å². The van der Waals surface area contributed by atoms with Crippen molar-refractivity contribution >= 4 is 27.5 Å². The van der Waals surface area contributed by atoms with Gasteiger partial charge in [0, 0.05) is 0 Å². The number of hydrogen-bond acceptors (Lipinski definition) is 4. The van der Waals surface area contributed by atoms with Crippen LogP contribution in [-0.4, -0.2) is 22.1 Å². The van der Waals surface area contributed by atoms with E-state index in [1.165, 1.54) is 11.6 Å². The van der Waals surface area contributed by atoms with Crippen LogP contribution in [0.25, 0.3) is 10.2 Å². The Balaban J connectivity index is 0.000000167. The number of carboxylic acids is 1. The number of nitrogens with two attached hydrogens (primary N) is 1. The van der Waals surface area contributed by atoms with Gasteiger partial charge in [0.05, 0.1) is 15.7 Å². The summed E-state index contributed by atoms with van der Waals surface area (Å²) in [6.45, 7) is 1.42. The van der Waals surface area contributed by atoms with Gasteiger partial charge in [-0.2, -0.15) is 0 Å². The van der Waals surface area contributed by atoms with Crippen molar-refractivity contribution in [2.75, 3.05) is 0 Å². The first-order chi connectivity index (χ1) is 7.11. The summed E-state index contributed by atoms with van der Waals surface area (Å²) in [4.78, 5) is 13.7. The van der Waals surface area contributed by atoms with Gasteiger partial charge in [0.15, 0.2) is 0 Å². The number of thiazole rings is 1. The van der Waals surface area contributed by atoms with Crippen molar-refractivity contribution in [3.63, 3.8) is 0 Å². The molecular weight excluding hydrogens is 212 g/mol. The van der Waals surface area contributed by atoms with Crippen LogP contribution in [0.15, 0.2) is 29.8 Å². The number of benzene rings is 1. The Kier molecular flexibility index (Phi) is 4.20. The Bertz CT molecular complexity index is 409. The first kappa shape index (κ1) is 11.6. The van der Waals surface area contributed by atoms with E-state index in [4.69, 9.17) is 10.8 Å². The number of carboxylic acid groups (broad SMARTS) is 1. The summed E-state index contributed by atoms with van der Waals surface area (Å²) in [5, 5.41) is 7.87. The molecule has 0 unspecified atom stereocenters. The maximum atomic E-state index is 9.57.